The third kappa shape index (κ3) is 2.16. The number of aryl methyl sites for hydroxylation is 2. The van der Waals surface area contributed by atoms with E-state index in [2.05, 4.69) is 36.4 Å². The van der Waals surface area contributed by atoms with Crippen molar-refractivity contribution in [3.8, 4) is 0 Å². The summed E-state index contributed by atoms with van der Waals surface area (Å²) in [6.07, 6.45) is 0.862. The Kier molecular flexibility index (Phi) is 2.97. The summed E-state index contributed by atoms with van der Waals surface area (Å²) >= 11 is 0. The third-order valence-corrected chi connectivity index (χ3v) is 3.74. The molecule has 0 amide bonds. The second-order valence-electron chi connectivity index (χ2n) is 5.42. The molecule has 3 nitrogen and oxygen atoms in total. The molecule has 1 aliphatic rings. The lowest BCUT2D eigenvalue weighted by Gasteiger charge is -2.32. The van der Waals surface area contributed by atoms with Gasteiger partial charge in [0.25, 0.3) is 0 Å². The topological polar surface area (TPSA) is 40.5 Å². The van der Waals surface area contributed by atoms with E-state index in [-0.39, 0.29) is 6.54 Å². The summed E-state index contributed by atoms with van der Waals surface area (Å²) in [5, 5.41) is 9.21. The van der Waals surface area contributed by atoms with E-state index in [1.807, 2.05) is 18.7 Å². The molecule has 102 valence electrons. The Labute approximate surface area is 118 Å². The van der Waals surface area contributed by atoms with Crippen LogP contribution < -0.4 is 4.90 Å². The van der Waals surface area contributed by atoms with E-state index >= 15 is 0 Å². The molecule has 0 atom stereocenters. The van der Waals surface area contributed by atoms with Crippen LogP contribution in [0.4, 0.5) is 11.4 Å². The molecule has 0 saturated carbocycles. The van der Waals surface area contributed by atoms with Gasteiger partial charge < -0.3 is 10.0 Å². The van der Waals surface area contributed by atoms with Crippen LogP contribution in [0.5, 0.6) is 0 Å². The van der Waals surface area contributed by atoms with Crippen LogP contribution in [0.2, 0.25) is 0 Å². The Morgan fingerprint density at radius 1 is 1.05 bits per heavy atom. The minimum atomic E-state index is -0.813. The Bertz CT molecular complexity index is 640. The summed E-state index contributed by atoms with van der Waals surface area (Å²) in [4.78, 5) is 13.1. The van der Waals surface area contributed by atoms with Gasteiger partial charge in [-0.3, -0.25) is 4.79 Å². The maximum Gasteiger partial charge on any atom is 0.323 e. The van der Waals surface area contributed by atoms with Crippen molar-refractivity contribution in [2.75, 3.05) is 11.4 Å². The zero-order chi connectivity index (χ0) is 14.3. The van der Waals surface area contributed by atoms with Crippen LogP contribution in [-0.2, 0) is 11.2 Å². The first-order chi connectivity index (χ1) is 9.54. The molecule has 1 heterocycles. The summed E-state index contributed by atoms with van der Waals surface area (Å²) in [5.41, 5.74) is 6.71. The summed E-state index contributed by atoms with van der Waals surface area (Å²) in [5.74, 6) is -0.813. The molecule has 0 fully saturated rings. The fourth-order valence-electron chi connectivity index (χ4n) is 2.79. The highest BCUT2D eigenvalue weighted by atomic mass is 16.4. The molecule has 20 heavy (non-hydrogen) atoms. The number of fused-ring (bicyclic) bond motifs is 2. The van der Waals surface area contributed by atoms with Gasteiger partial charge in [-0.15, -0.1) is 0 Å². The van der Waals surface area contributed by atoms with Crippen molar-refractivity contribution in [1.29, 1.82) is 0 Å². The highest BCUT2D eigenvalue weighted by molar-refractivity contribution is 5.83. The Morgan fingerprint density at radius 2 is 1.55 bits per heavy atom. The highest BCUT2D eigenvalue weighted by Crippen LogP contribution is 2.39. The van der Waals surface area contributed by atoms with Crippen LogP contribution in [0.15, 0.2) is 36.4 Å². The molecule has 0 unspecified atom stereocenters. The van der Waals surface area contributed by atoms with Gasteiger partial charge in [-0.2, -0.15) is 0 Å². The molecule has 0 bridgehead atoms. The zero-order valence-electron chi connectivity index (χ0n) is 11.7. The van der Waals surface area contributed by atoms with E-state index in [4.69, 9.17) is 0 Å². The largest absolute Gasteiger partial charge is 0.480 e. The van der Waals surface area contributed by atoms with Crippen LogP contribution in [0.3, 0.4) is 0 Å². The Morgan fingerprint density at radius 3 is 2.00 bits per heavy atom. The monoisotopic (exact) mass is 267 g/mol. The van der Waals surface area contributed by atoms with Crippen molar-refractivity contribution in [2.45, 2.75) is 20.3 Å². The average Bonchev–Trinajstić information content (AvgIpc) is 2.39. The number of carbonyl (C=O) groups is 1. The fraction of sp³-hybridized carbons (Fsp3) is 0.235. The van der Waals surface area contributed by atoms with Crippen molar-refractivity contribution in [1.82, 2.24) is 0 Å². The predicted molar refractivity (Wildman–Crippen MR) is 79.8 cm³/mol. The van der Waals surface area contributed by atoms with Crippen LogP contribution in [0, 0.1) is 13.8 Å². The molecule has 2 aromatic carbocycles. The standard InChI is InChI=1S/C17H17NO2/c1-11-3-5-13-9-14-6-4-12(2)8-16(14)18(10-17(19)20)15(13)7-11/h3-8H,9-10H2,1-2H3,(H,19,20). The van der Waals surface area contributed by atoms with E-state index in [0.717, 1.165) is 28.9 Å². The minimum Gasteiger partial charge on any atom is -0.480 e. The van der Waals surface area contributed by atoms with E-state index in [9.17, 15) is 9.90 Å². The van der Waals surface area contributed by atoms with Gasteiger partial charge in [-0.05, 0) is 48.2 Å². The third-order valence-electron chi connectivity index (χ3n) is 3.74. The lowest BCUT2D eigenvalue weighted by Crippen LogP contribution is -2.29. The van der Waals surface area contributed by atoms with Crippen LogP contribution in [-0.4, -0.2) is 17.6 Å². The number of carboxylic acid groups (broad SMARTS) is 1. The number of nitrogens with zero attached hydrogens (tertiary/aromatic N) is 1. The number of anilines is 2. The van der Waals surface area contributed by atoms with E-state index in [1.165, 1.54) is 11.1 Å². The van der Waals surface area contributed by atoms with Crippen molar-refractivity contribution in [2.24, 2.45) is 0 Å². The summed E-state index contributed by atoms with van der Waals surface area (Å²) < 4.78 is 0. The van der Waals surface area contributed by atoms with E-state index in [1.54, 1.807) is 0 Å². The first-order valence-electron chi connectivity index (χ1n) is 6.73. The maximum atomic E-state index is 11.2. The molecule has 0 spiro atoms. The lowest BCUT2D eigenvalue weighted by atomic mass is 9.93. The maximum absolute atomic E-state index is 11.2. The van der Waals surface area contributed by atoms with Crippen molar-refractivity contribution in [3.63, 3.8) is 0 Å². The molecular formula is C17H17NO2. The number of benzene rings is 2. The highest BCUT2D eigenvalue weighted by Gasteiger charge is 2.24. The normalized spacial score (nSPS) is 12.8. The fourth-order valence-corrected chi connectivity index (χ4v) is 2.79. The molecular weight excluding hydrogens is 250 g/mol. The second kappa shape index (κ2) is 4.67. The molecule has 3 rings (SSSR count). The van der Waals surface area contributed by atoms with Crippen LogP contribution in [0.25, 0.3) is 0 Å². The van der Waals surface area contributed by atoms with E-state index in [0.29, 0.717) is 0 Å². The molecule has 2 aromatic rings. The summed E-state index contributed by atoms with van der Waals surface area (Å²) in [7, 11) is 0. The zero-order valence-corrected chi connectivity index (χ0v) is 11.7. The predicted octanol–water partition coefficient (Wildman–Crippen LogP) is 3.43. The van der Waals surface area contributed by atoms with Gasteiger partial charge in [0.05, 0.1) is 0 Å². The van der Waals surface area contributed by atoms with Gasteiger partial charge in [0.15, 0.2) is 0 Å². The minimum absolute atomic E-state index is 0.00704. The molecule has 3 heteroatoms. The Balaban J connectivity index is 2.17. The first kappa shape index (κ1) is 12.7. The van der Waals surface area contributed by atoms with Gasteiger partial charge in [0.2, 0.25) is 0 Å². The molecule has 0 aliphatic carbocycles. The van der Waals surface area contributed by atoms with Gasteiger partial charge in [-0.1, -0.05) is 24.3 Å². The van der Waals surface area contributed by atoms with E-state index < -0.39 is 5.97 Å². The van der Waals surface area contributed by atoms with Gasteiger partial charge in [0, 0.05) is 17.8 Å². The Hall–Kier alpha value is -2.29. The number of hydrogen-bond donors (Lipinski definition) is 1. The first-order valence-corrected chi connectivity index (χ1v) is 6.73. The number of aliphatic carboxylic acids is 1. The van der Waals surface area contributed by atoms with Crippen LogP contribution in [0.1, 0.15) is 22.3 Å². The smallest absolute Gasteiger partial charge is 0.323 e. The van der Waals surface area contributed by atoms with Crippen molar-refractivity contribution in [3.05, 3.63) is 58.7 Å². The lowest BCUT2D eigenvalue weighted by molar-refractivity contribution is -0.135. The molecule has 0 saturated heterocycles. The van der Waals surface area contributed by atoms with Crippen molar-refractivity contribution < 1.29 is 9.90 Å². The van der Waals surface area contributed by atoms with Crippen LogP contribution >= 0.6 is 0 Å². The summed E-state index contributed by atoms with van der Waals surface area (Å²) in [6, 6.07) is 12.5. The average molecular weight is 267 g/mol. The number of carboxylic acids is 1. The quantitative estimate of drug-likeness (QED) is 0.906. The van der Waals surface area contributed by atoms with Crippen molar-refractivity contribution >= 4 is 17.3 Å². The second-order valence-corrected chi connectivity index (χ2v) is 5.42. The summed E-state index contributed by atoms with van der Waals surface area (Å²) in [6.45, 7) is 4.06. The number of rotatable bonds is 2. The molecule has 0 radical (unpaired) electrons. The number of hydrogen-bond acceptors (Lipinski definition) is 2. The van der Waals surface area contributed by atoms with Gasteiger partial charge in [0.1, 0.15) is 6.54 Å². The van der Waals surface area contributed by atoms with Gasteiger partial charge >= 0.3 is 5.97 Å². The van der Waals surface area contributed by atoms with Gasteiger partial charge in [-0.25, -0.2) is 0 Å². The molecule has 1 aliphatic heterocycles. The SMILES string of the molecule is Cc1ccc2c(c1)N(CC(=O)O)c1cc(C)ccc1C2. The molecule has 1 N–H and O–H groups in total. The molecule has 0 aromatic heterocycles.